The van der Waals surface area contributed by atoms with Crippen LogP contribution in [0.2, 0.25) is 15.1 Å². The molecular weight excluding hydrogens is 481 g/mol. The van der Waals surface area contributed by atoms with E-state index in [1.807, 2.05) is 50.2 Å². The summed E-state index contributed by atoms with van der Waals surface area (Å²) in [5.41, 5.74) is 4.07. The highest BCUT2D eigenvalue weighted by molar-refractivity contribution is 6.36. The van der Waals surface area contributed by atoms with Crippen LogP contribution >= 0.6 is 34.8 Å². The Morgan fingerprint density at radius 2 is 1.73 bits per heavy atom. The first-order chi connectivity index (χ1) is 15.7. The third-order valence-electron chi connectivity index (χ3n) is 5.24. The zero-order valence-corrected chi connectivity index (χ0v) is 20.7. The van der Waals surface area contributed by atoms with Crippen LogP contribution in [0.1, 0.15) is 32.8 Å². The van der Waals surface area contributed by atoms with Crippen LogP contribution in [0.15, 0.2) is 54.6 Å². The van der Waals surface area contributed by atoms with Gasteiger partial charge >= 0.3 is 5.97 Å². The lowest BCUT2D eigenvalue weighted by molar-refractivity contribution is -0.137. The number of halogens is 3. The normalized spacial score (nSPS) is 15.6. The van der Waals surface area contributed by atoms with Gasteiger partial charge in [-0.2, -0.15) is 0 Å². The third-order valence-corrected chi connectivity index (χ3v) is 6.04. The zero-order chi connectivity index (χ0) is 23.8. The standard InChI is InChI=1S/C26H22Cl3NO3/c1-4-32-23(31)11-16-14-26(2,3)33-25-21(16)13-20(15-5-7-17(27)8-6-15)24(30-25)19-10-9-18(28)12-22(19)29/h5-13H,4,14H2,1-3H3/b16-11+. The number of hydrogen-bond acceptors (Lipinski definition) is 4. The molecule has 0 saturated carbocycles. The third kappa shape index (κ3) is 5.19. The van der Waals surface area contributed by atoms with Crippen molar-refractivity contribution in [3.63, 3.8) is 0 Å². The summed E-state index contributed by atoms with van der Waals surface area (Å²) in [5, 5.41) is 1.64. The van der Waals surface area contributed by atoms with Crippen molar-refractivity contribution in [2.24, 2.45) is 0 Å². The molecule has 0 radical (unpaired) electrons. The molecule has 0 aliphatic carbocycles. The number of rotatable bonds is 4. The van der Waals surface area contributed by atoms with Gasteiger partial charge in [-0.3, -0.25) is 0 Å². The number of benzene rings is 2. The van der Waals surface area contributed by atoms with Crippen molar-refractivity contribution in [3.8, 4) is 28.3 Å². The van der Waals surface area contributed by atoms with Gasteiger partial charge < -0.3 is 9.47 Å². The van der Waals surface area contributed by atoms with E-state index in [0.29, 0.717) is 39.7 Å². The second-order valence-corrected chi connectivity index (χ2v) is 9.61. The number of nitrogens with zero attached hydrogens (tertiary/aromatic N) is 1. The Hall–Kier alpha value is -2.53. The lowest BCUT2D eigenvalue weighted by Crippen LogP contribution is -2.33. The van der Waals surface area contributed by atoms with Gasteiger partial charge in [-0.15, -0.1) is 0 Å². The fraction of sp³-hybridized carbons (Fsp3) is 0.231. The summed E-state index contributed by atoms with van der Waals surface area (Å²) in [5.74, 6) is 0.0366. The summed E-state index contributed by atoms with van der Waals surface area (Å²) >= 11 is 18.8. The fourth-order valence-corrected chi connectivity index (χ4v) is 4.47. The Kier molecular flexibility index (Phi) is 6.71. The van der Waals surface area contributed by atoms with E-state index >= 15 is 0 Å². The number of pyridine rings is 1. The summed E-state index contributed by atoms with van der Waals surface area (Å²) in [6, 6.07) is 14.7. The van der Waals surface area contributed by atoms with Crippen LogP contribution in [0.4, 0.5) is 0 Å². The van der Waals surface area contributed by atoms with Gasteiger partial charge in [-0.1, -0.05) is 46.9 Å². The number of ether oxygens (including phenoxy) is 2. The minimum absolute atomic E-state index is 0.303. The SMILES string of the molecule is CCOC(=O)/C=C1\CC(C)(C)Oc2nc(-c3ccc(Cl)cc3Cl)c(-c3ccc(Cl)cc3)cc21. The highest BCUT2D eigenvalue weighted by atomic mass is 35.5. The molecule has 7 heteroatoms. The maximum absolute atomic E-state index is 12.3. The van der Waals surface area contributed by atoms with E-state index < -0.39 is 11.6 Å². The summed E-state index contributed by atoms with van der Waals surface area (Å²) in [7, 11) is 0. The van der Waals surface area contributed by atoms with E-state index in [0.717, 1.165) is 27.8 Å². The van der Waals surface area contributed by atoms with Crippen LogP contribution < -0.4 is 4.74 Å². The quantitative estimate of drug-likeness (QED) is 0.269. The molecule has 0 amide bonds. The van der Waals surface area contributed by atoms with Crippen molar-refractivity contribution in [1.29, 1.82) is 0 Å². The number of esters is 1. The molecule has 33 heavy (non-hydrogen) atoms. The molecule has 1 aliphatic heterocycles. The van der Waals surface area contributed by atoms with E-state index in [1.54, 1.807) is 19.1 Å². The average molecular weight is 503 g/mol. The summed E-state index contributed by atoms with van der Waals surface area (Å²) in [4.78, 5) is 17.2. The van der Waals surface area contributed by atoms with Crippen LogP contribution in [0, 0.1) is 0 Å². The molecule has 0 saturated heterocycles. The molecule has 4 nitrogen and oxygen atoms in total. The molecule has 0 unspecified atom stereocenters. The van der Waals surface area contributed by atoms with Crippen LogP contribution in [0.5, 0.6) is 5.88 Å². The Bertz CT molecular complexity index is 1250. The van der Waals surface area contributed by atoms with Gasteiger partial charge in [-0.05, 0) is 68.3 Å². The number of fused-ring (bicyclic) bond motifs is 1. The summed E-state index contributed by atoms with van der Waals surface area (Å²) < 4.78 is 11.4. The van der Waals surface area contributed by atoms with E-state index in [-0.39, 0.29) is 0 Å². The van der Waals surface area contributed by atoms with Gasteiger partial charge in [-0.25, -0.2) is 9.78 Å². The molecule has 3 aromatic rings. The minimum atomic E-state index is -0.554. The molecule has 0 fully saturated rings. The Balaban J connectivity index is 1.98. The Labute approximate surface area is 208 Å². The number of aromatic nitrogens is 1. The highest BCUT2D eigenvalue weighted by Gasteiger charge is 2.33. The summed E-state index contributed by atoms with van der Waals surface area (Å²) in [6.07, 6.45) is 2.05. The molecule has 0 spiro atoms. The van der Waals surface area contributed by atoms with E-state index in [4.69, 9.17) is 49.3 Å². The Morgan fingerprint density at radius 1 is 1.03 bits per heavy atom. The van der Waals surface area contributed by atoms with Crippen molar-refractivity contribution < 1.29 is 14.3 Å². The lowest BCUT2D eigenvalue weighted by atomic mass is 9.88. The second kappa shape index (κ2) is 9.38. The molecule has 170 valence electrons. The molecule has 0 bridgehead atoms. The molecular formula is C26H22Cl3NO3. The zero-order valence-electron chi connectivity index (χ0n) is 18.4. The first-order valence-corrected chi connectivity index (χ1v) is 11.6. The van der Waals surface area contributed by atoms with Crippen molar-refractivity contribution >= 4 is 46.3 Å². The van der Waals surface area contributed by atoms with E-state index in [2.05, 4.69) is 0 Å². The largest absolute Gasteiger partial charge is 0.471 e. The minimum Gasteiger partial charge on any atom is -0.471 e. The molecule has 4 rings (SSSR count). The molecule has 2 heterocycles. The van der Waals surface area contributed by atoms with Crippen LogP contribution in [0.25, 0.3) is 28.0 Å². The molecule has 2 aromatic carbocycles. The van der Waals surface area contributed by atoms with Crippen LogP contribution in [0.3, 0.4) is 0 Å². The van der Waals surface area contributed by atoms with Gasteiger partial charge in [0.05, 0.1) is 17.3 Å². The smallest absolute Gasteiger partial charge is 0.331 e. The Morgan fingerprint density at radius 3 is 2.39 bits per heavy atom. The van der Waals surface area contributed by atoms with Gasteiger partial charge in [0.1, 0.15) is 5.60 Å². The van der Waals surface area contributed by atoms with Crippen molar-refractivity contribution in [2.75, 3.05) is 6.61 Å². The average Bonchev–Trinajstić information content (AvgIpc) is 2.73. The van der Waals surface area contributed by atoms with Crippen molar-refractivity contribution in [3.05, 3.63) is 75.2 Å². The number of carbonyl (C=O) groups excluding carboxylic acids is 1. The molecule has 0 atom stereocenters. The number of hydrogen-bond donors (Lipinski definition) is 0. The first kappa shape index (κ1) is 23.6. The summed E-state index contributed by atoms with van der Waals surface area (Å²) in [6.45, 7) is 6.00. The highest BCUT2D eigenvalue weighted by Crippen LogP contribution is 2.45. The molecule has 1 aromatic heterocycles. The van der Waals surface area contributed by atoms with Crippen molar-refractivity contribution in [1.82, 2.24) is 4.98 Å². The predicted molar refractivity (Wildman–Crippen MR) is 134 cm³/mol. The second-order valence-electron chi connectivity index (χ2n) is 8.33. The lowest BCUT2D eigenvalue weighted by Gasteiger charge is -2.34. The van der Waals surface area contributed by atoms with Crippen LogP contribution in [-0.2, 0) is 9.53 Å². The van der Waals surface area contributed by atoms with E-state index in [1.165, 1.54) is 6.08 Å². The van der Waals surface area contributed by atoms with Gasteiger partial charge in [0.2, 0.25) is 5.88 Å². The van der Waals surface area contributed by atoms with Gasteiger partial charge in [0.25, 0.3) is 0 Å². The maximum Gasteiger partial charge on any atom is 0.331 e. The predicted octanol–water partition coefficient (Wildman–Crippen LogP) is 7.88. The number of carbonyl (C=O) groups is 1. The first-order valence-electron chi connectivity index (χ1n) is 10.5. The van der Waals surface area contributed by atoms with Crippen LogP contribution in [-0.4, -0.2) is 23.2 Å². The molecule has 0 N–H and O–H groups in total. The molecule has 1 aliphatic rings. The fourth-order valence-electron chi connectivity index (χ4n) is 3.85. The van der Waals surface area contributed by atoms with Gasteiger partial charge in [0, 0.05) is 39.2 Å². The topological polar surface area (TPSA) is 48.4 Å². The monoisotopic (exact) mass is 501 g/mol. The van der Waals surface area contributed by atoms with E-state index in [9.17, 15) is 4.79 Å². The maximum atomic E-state index is 12.3. The van der Waals surface area contributed by atoms with Crippen molar-refractivity contribution in [2.45, 2.75) is 32.8 Å². The van der Waals surface area contributed by atoms with Gasteiger partial charge in [0.15, 0.2) is 0 Å².